The zero-order chi connectivity index (χ0) is 17.6. The minimum atomic E-state index is -0.869. The van der Waals surface area contributed by atoms with Crippen molar-refractivity contribution in [3.05, 3.63) is 76.7 Å². The summed E-state index contributed by atoms with van der Waals surface area (Å²) in [4.78, 5) is 0. The van der Waals surface area contributed by atoms with E-state index in [0.717, 1.165) is 5.56 Å². The molecule has 3 rings (SSSR count). The Morgan fingerprint density at radius 2 is 2.08 bits per heavy atom. The molecule has 2 aromatic carbocycles. The average molecular weight is 353 g/mol. The number of aromatic nitrogens is 4. The maximum absolute atomic E-state index is 10.7. The van der Waals surface area contributed by atoms with E-state index in [1.165, 1.54) is 6.20 Å². The van der Waals surface area contributed by atoms with Crippen LogP contribution < -0.4 is 5.32 Å². The summed E-state index contributed by atoms with van der Waals surface area (Å²) in [6.45, 7) is 0. The van der Waals surface area contributed by atoms with Gasteiger partial charge in [0.1, 0.15) is 17.7 Å². The van der Waals surface area contributed by atoms with Gasteiger partial charge in [-0.2, -0.15) is 10.5 Å². The first-order valence-electron chi connectivity index (χ1n) is 7.32. The third-order valence-electron chi connectivity index (χ3n) is 3.50. The van der Waals surface area contributed by atoms with E-state index in [9.17, 15) is 10.4 Å². The monoisotopic (exact) mass is 352 g/mol. The van der Waals surface area contributed by atoms with E-state index in [-0.39, 0.29) is 11.4 Å². The number of anilines is 1. The minimum Gasteiger partial charge on any atom is -0.384 e. The van der Waals surface area contributed by atoms with Gasteiger partial charge >= 0.3 is 0 Å². The number of allylic oxidation sites excluding steroid dienone is 1. The van der Waals surface area contributed by atoms with E-state index in [2.05, 4.69) is 25.9 Å². The Kier molecular flexibility index (Phi) is 5.04. The Bertz CT molecular complexity index is 918. The summed E-state index contributed by atoms with van der Waals surface area (Å²) in [5, 5.41) is 36.7. The fourth-order valence-corrected chi connectivity index (χ4v) is 2.46. The van der Waals surface area contributed by atoms with Crippen molar-refractivity contribution in [3.8, 4) is 6.07 Å². The number of benzene rings is 2. The van der Waals surface area contributed by atoms with Crippen LogP contribution in [0, 0.1) is 11.3 Å². The van der Waals surface area contributed by atoms with Gasteiger partial charge in [0.05, 0.1) is 0 Å². The number of aliphatic hydroxyl groups excluding tert-OH is 1. The van der Waals surface area contributed by atoms with Gasteiger partial charge in [0.25, 0.3) is 0 Å². The summed E-state index contributed by atoms with van der Waals surface area (Å²) in [6.07, 6.45) is 0.585. The SMILES string of the molecule is N#CC(=CNc1ccc(Cl)cc1C(O)c1ccccc1)c1nn[nH]n1. The lowest BCUT2D eigenvalue weighted by atomic mass is 10.00. The van der Waals surface area contributed by atoms with Gasteiger partial charge in [-0.3, -0.25) is 0 Å². The van der Waals surface area contributed by atoms with Crippen molar-refractivity contribution >= 4 is 22.9 Å². The topological polar surface area (TPSA) is 111 Å². The quantitative estimate of drug-likeness (QED) is 0.609. The summed E-state index contributed by atoms with van der Waals surface area (Å²) in [5.74, 6) is 0.175. The van der Waals surface area contributed by atoms with Crippen LogP contribution in [0.1, 0.15) is 23.1 Å². The second kappa shape index (κ2) is 7.57. The van der Waals surface area contributed by atoms with E-state index in [1.807, 2.05) is 36.4 Å². The molecule has 1 aromatic heterocycles. The third-order valence-corrected chi connectivity index (χ3v) is 3.74. The first-order valence-corrected chi connectivity index (χ1v) is 7.70. The van der Waals surface area contributed by atoms with Crippen LogP contribution in [-0.2, 0) is 0 Å². The van der Waals surface area contributed by atoms with Crippen molar-refractivity contribution < 1.29 is 5.11 Å². The molecule has 0 spiro atoms. The number of rotatable bonds is 5. The Balaban J connectivity index is 1.93. The van der Waals surface area contributed by atoms with Crippen LogP contribution in [-0.4, -0.2) is 25.7 Å². The second-order valence-electron chi connectivity index (χ2n) is 5.09. The molecule has 7 nitrogen and oxygen atoms in total. The molecular weight excluding hydrogens is 340 g/mol. The molecule has 0 saturated carbocycles. The third kappa shape index (κ3) is 3.83. The predicted molar refractivity (Wildman–Crippen MR) is 93.3 cm³/mol. The molecule has 0 aliphatic heterocycles. The van der Waals surface area contributed by atoms with E-state index in [1.54, 1.807) is 18.2 Å². The molecule has 3 aromatic rings. The molecule has 0 radical (unpaired) electrons. The van der Waals surface area contributed by atoms with Crippen LogP contribution in [0.3, 0.4) is 0 Å². The Hall–Kier alpha value is -3.21. The van der Waals surface area contributed by atoms with Gasteiger partial charge in [-0.25, -0.2) is 0 Å². The Morgan fingerprint density at radius 1 is 1.28 bits per heavy atom. The van der Waals surface area contributed by atoms with Crippen LogP contribution in [0.5, 0.6) is 0 Å². The molecular formula is C17H13ClN6O. The van der Waals surface area contributed by atoms with Crippen molar-refractivity contribution in [2.45, 2.75) is 6.10 Å². The zero-order valence-corrected chi connectivity index (χ0v) is 13.6. The average Bonchev–Trinajstić information content (AvgIpc) is 3.18. The molecule has 8 heteroatoms. The lowest BCUT2D eigenvalue weighted by molar-refractivity contribution is 0.221. The number of nitriles is 1. The number of H-pyrrole nitrogens is 1. The Labute approximate surface area is 148 Å². The van der Waals surface area contributed by atoms with Crippen molar-refractivity contribution in [3.63, 3.8) is 0 Å². The molecule has 1 unspecified atom stereocenters. The number of hydrogen-bond donors (Lipinski definition) is 3. The normalized spacial score (nSPS) is 12.4. The van der Waals surface area contributed by atoms with Crippen molar-refractivity contribution in [2.75, 3.05) is 5.32 Å². The summed E-state index contributed by atoms with van der Waals surface area (Å²) in [7, 11) is 0. The smallest absolute Gasteiger partial charge is 0.216 e. The lowest BCUT2D eigenvalue weighted by Crippen LogP contribution is -2.04. The van der Waals surface area contributed by atoms with Crippen LogP contribution >= 0.6 is 11.6 Å². The lowest BCUT2D eigenvalue weighted by Gasteiger charge is -2.16. The van der Waals surface area contributed by atoms with Crippen LogP contribution in [0.25, 0.3) is 5.57 Å². The molecule has 0 bridgehead atoms. The summed E-state index contributed by atoms with van der Waals surface area (Å²) in [5.41, 5.74) is 2.12. The van der Waals surface area contributed by atoms with Crippen molar-refractivity contribution in [2.24, 2.45) is 0 Å². The molecule has 0 aliphatic carbocycles. The van der Waals surface area contributed by atoms with Crippen molar-refractivity contribution in [1.29, 1.82) is 5.26 Å². The molecule has 0 aliphatic rings. The van der Waals surface area contributed by atoms with E-state index < -0.39 is 6.10 Å². The second-order valence-corrected chi connectivity index (χ2v) is 5.53. The molecule has 0 amide bonds. The first-order chi connectivity index (χ1) is 12.2. The minimum absolute atomic E-state index is 0.175. The summed E-state index contributed by atoms with van der Waals surface area (Å²) in [6, 6.07) is 16.3. The van der Waals surface area contributed by atoms with Gasteiger partial charge < -0.3 is 10.4 Å². The molecule has 1 heterocycles. The molecule has 124 valence electrons. The molecule has 3 N–H and O–H groups in total. The number of nitrogens with one attached hydrogen (secondary N) is 2. The van der Waals surface area contributed by atoms with Gasteiger partial charge in [-0.15, -0.1) is 10.2 Å². The van der Waals surface area contributed by atoms with Gasteiger partial charge in [-0.05, 0) is 29.0 Å². The van der Waals surface area contributed by atoms with Crippen LogP contribution in [0.4, 0.5) is 5.69 Å². The number of aliphatic hydroxyl groups is 1. The highest BCUT2D eigenvalue weighted by atomic mass is 35.5. The molecule has 25 heavy (non-hydrogen) atoms. The summed E-state index contributed by atoms with van der Waals surface area (Å²) >= 11 is 6.08. The number of hydrogen-bond acceptors (Lipinski definition) is 6. The maximum atomic E-state index is 10.7. The largest absolute Gasteiger partial charge is 0.384 e. The van der Waals surface area contributed by atoms with Crippen LogP contribution in [0.2, 0.25) is 5.02 Å². The highest BCUT2D eigenvalue weighted by molar-refractivity contribution is 6.30. The van der Waals surface area contributed by atoms with Gasteiger partial charge in [-0.1, -0.05) is 41.9 Å². The fourth-order valence-electron chi connectivity index (χ4n) is 2.28. The Morgan fingerprint density at radius 3 is 2.76 bits per heavy atom. The van der Waals surface area contributed by atoms with Gasteiger partial charge in [0.15, 0.2) is 0 Å². The zero-order valence-electron chi connectivity index (χ0n) is 12.9. The van der Waals surface area contributed by atoms with E-state index >= 15 is 0 Å². The fraction of sp³-hybridized carbons (Fsp3) is 0.0588. The molecule has 0 fully saturated rings. The molecule has 0 saturated heterocycles. The highest BCUT2D eigenvalue weighted by Gasteiger charge is 2.15. The number of halogens is 1. The van der Waals surface area contributed by atoms with Crippen molar-refractivity contribution in [1.82, 2.24) is 20.6 Å². The van der Waals surface area contributed by atoms with Gasteiger partial charge in [0.2, 0.25) is 5.82 Å². The maximum Gasteiger partial charge on any atom is 0.216 e. The van der Waals surface area contributed by atoms with Crippen LogP contribution in [0.15, 0.2) is 54.7 Å². The predicted octanol–water partition coefficient (Wildman–Crippen LogP) is 2.91. The van der Waals surface area contributed by atoms with Gasteiger partial charge in [0, 0.05) is 22.5 Å². The molecule has 1 atom stereocenters. The number of nitrogens with zero attached hydrogens (tertiary/aromatic N) is 4. The number of aromatic amines is 1. The van der Waals surface area contributed by atoms with E-state index in [4.69, 9.17) is 11.6 Å². The standard InChI is InChI=1S/C17H13ClN6O/c18-13-6-7-15(20-10-12(9-19)17-21-23-24-22-17)14(8-13)16(25)11-4-2-1-3-5-11/h1-8,10,16,20,25H,(H,21,22,23,24). The summed E-state index contributed by atoms with van der Waals surface area (Å²) < 4.78 is 0. The first kappa shape index (κ1) is 16.6. The van der Waals surface area contributed by atoms with E-state index in [0.29, 0.717) is 16.3 Å². The number of tetrazole rings is 1. The highest BCUT2D eigenvalue weighted by Crippen LogP contribution is 2.31.